The lowest BCUT2D eigenvalue weighted by molar-refractivity contribution is 0.173. The molecule has 2 aliphatic rings. The third-order valence-electron chi connectivity index (χ3n) is 3.49. The summed E-state index contributed by atoms with van der Waals surface area (Å²) in [4.78, 5) is 0. The van der Waals surface area contributed by atoms with Crippen molar-refractivity contribution >= 4 is 18.5 Å². The van der Waals surface area contributed by atoms with Gasteiger partial charge in [0.25, 0.3) is 0 Å². The van der Waals surface area contributed by atoms with Gasteiger partial charge in [-0.1, -0.05) is 12.1 Å². The Hall–Kier alpha value is -1.93. The van der Waals surface area contributed by atoms with E-state index in [1.165, 1.54) is 10.6 Å². The molecule has 0 saturated heterocycles. The minimum atomic E-state index is -0.455. The van der Waals surface area contributed by atoms with E-state index in [9.17, 15) is 0 Å². The second kappa shape index (κ2) is 4.57. The van der Waals surface area contributed by atoms with E-state index in [-0.39, 0.29) is 0 Å². The molecule has 0 N–H and O–H groups in total. The van der Waals surface area contributed by atoms with E-state index < -0.39 is 7.92 Å². The van der Waals surface area contributed by atoms with Crippen molar-refractivity contribution in [2.45, 2.75) is 0 Å². The Morgan fingerprint density at radius 1 is 0.700 bits per heavy atom. The largest absolute Gasteiger partial charge is 0.454 e. The zero-order valence-electron chi connectivity index (χ0n) is 11.0. The van der Waals surface area contributed by atoms with Crippen molar-refractivity contribution < 1.29 is 18.9 Å². The Morgan fingerprint density at radius 2 is 1.15 bits per heavy atom. The molecule has 0 bridgehead atoms. The molecule has 0 aliphatic carbocycles. The van der Waals surface area contributed by atoms with Gasteiger partial charge in [0, 0.05) is 0 Å². The molecule has 102 valence electrons. The summed E-state index contributed by atoms with van der Waals surface area (Å²) in [6, 6.07) is 12.3. The fraction of sp³-hybridized carbons (Fsp3) is 0.200. The normalized spacial score (nSPS) is 14.9. The standard InChI is InChI=1S/C15H13O4P/c1-20(10-2-4-12-14(6-10)18-8-16-12)11-3-5-13-15(7-11)19-9-17-13/h2-7H,8-9H2,1H3. The van der Waals surface area contributed by atoms with Crippen LogP contribution in [-0.2, 0) is 0 Å². The SMILES string of the molecule is CP(c1ccc2c(c1)OCO2)c1ccc2c(c1)OCO2. The number of ether oxygens (including phenoxy) is 4. The molecule has 2 aromatic rings. The Balaban J connectivity index is 1.68. The van der Waals surface area contributed by atoms with Gasteiger partial charge in [-0.25, -0.2) is 0 Å². The maximum absolute atomic E-state index is 5.44. The summed E-state index contributed by atoms with van der Waals surface area (Å²) in [6.45, 7) is 2.85. The maximum atomic E-state index is 5.44. The highest BCUT2D eigenvalue weighted by atomic mass is 31.1. The zero-order chi connectivity index (χ0) is 13.5. The van der Waals surface area contributed by atoms with Crippen LogP contribution in [0.3, 0.4) is 0 Å². The van der Waals surface area contributed by atoms with Crippen molar-refractivity contribution in [2.24, 2.45) is 0 Å². The number of hydrogen-bond donors (Lipinski definition) is 0. The number of rotatable bonds is 2. The lowest BCUT2D eigenvalue weighted by Crippen LogP contribution is -2.10. The number of fused-ring (bicyclic) bond motifs is 2. The third kappa shape index (κ3) is 1.88. The van der Waals surface area contributed by atoms with Crippen LogP contribution in [0.5, 0.6) is 23.0 Å². The fourth-order valence-electron chi connectivity index (χ4n) is 2.34. The summed E-state index contributed by atoms with van der Waals surface area (Å²) in [5, 5.41) is 2.51. The van der Waals surface area contributed by atoms with Crippen molar-refractivity contribution in [1.82, 2.24) is 0 Å². The summed E-state index contributed by atoms with van der Waals surface area (Å²) < 4.78 is 21.6. The van der Waals surface area contributed by atoms with Gasteiger partial charge in [-0.05, 0) is 49.5 Å². The van der Waals surface area contributed by atoms with Gasteiger partial charge in [0.2, 0.25) is 13.6 Å². The highest BCUT2D eigenvalue weighted by Gasteiger charge is 2.19. The van der Waals surface area contributed by atoms with Crippen LogP contribution in [0.4, 0.5) is 0 Å². The quantitative estimate of drug-likeness (QED) is 0.794. The van der Waals surface area contributed by atoms with Crippen LogP contribution in [-0.4, -0.2) is 20.3 Å². The van der Waals surface area contributed by atoms with Crippen LogP contribution in [0.25, 0.3) is 0 Å². The molecule has 0 aromatic heterocycles. The van der Waals surface area contributed by atoms with Crippen molar-refractivity contribution in [2.75, 3.05) is 20.3 Å². The minimum absolute atomic E-state index is 0.310. The molecule has 0 saturated carbocycles. The van der Waals surface area contributed by atoms with E-state index in [0.29, 0.717) is 13.6 Å². The van der Waals surface area contributed by atoms with E-state index in [2.05, 4.69) is 30.9 Å². The highest BCUT2D eigenvalue weighted by molar-refractivity contribution is 7.72. The van der Waals surface area contributed by atoms with Crippen LogP contribution in [0.1, 0.15) is 0 Å². The number of benzene rings is 2. The van der Waals surface area contributed by atoms with E-state index in [4.69, 9.17) is 18.9 Å². The average Bonchev–Trinajstić information content (AvgIpc) is 3.13. The molecule has 0 spiro atoms. The van der Waals surface area contributed by atoms with E-state index in [1.807, 2.05) is 12.1 Å². The molecule has 0 atom stereocenters. The highest BCUT2D eigenvalue weighted by Crippen LogP contribution is 2.39. The van der Waals surface area contributed by atoms with Crippen LogP contribution in [0.15, 0.2) is 36.4 Å². The second-order valence-corrected chi connectivity index (χ2v) is 6.78. The minimum Gasteiger partial charge on any atom is -0.454 e. The summed E-state index contributed by atoms with van der Waals surface area (Å²) in [5.74, 6) is 3.31. The van der Waals surface area contributed by atoms with E-state index in [1.54, 1.807) is 0 Å². The van der Waals surface area contributed by atoms with Crippen molar-refractivity contribution in [3.8, 4) is 23.0 Å². The lowest BCUT2D eigenvalue weighted by Gasteiger charge is -2.14. The summed E-state index contributed by atoms with van der Waals surface area (Å²) in [7, 11) is -0.455. The first-order valence-corrected chi connectivity index (χ1v) is 8.13. The van der Waals surface area contributed by atoms with E-state index >= 15 is 0 Å². The predicted octanol–water partition coefficient (Wildman–Crippen LogP) is 2.21. The average molecular weight is 288 g/mol. The summed E-state index contributed by atoms with van der Waals surface area (Å²) in [5.41, 5.74) is 0. The van der Waals surface area contributed by atoms with Gasteiger partial charge in [0.1, 0.15) is 0 Å². The molecule has 4 nitrogen and oxygen atoms in total. The first kappa shape index (κ1) is 11.9. The topological polar surface area (TPSA) is 36.9 Å². The maximum Gasteiger partial charge on any atom is 0.231 e. The molecule has 5 heteroatoms. The van der Waals surface area contributed by atoms with Crippen LogP contribution in [0, 0.1) is 0 Å². The van der Waals surface area contributed by atoms with Gasteiger partial charge >= 0.3 is 0 Å². The molecule has 2 aromatic carbocycles. The molecule has 20 heavy (non-hydrogen) atoms. The fourth-order valence-corrected chi connectivity index (χ4v) is 3.85. The molecule has 2 aliphatic heterocycles. The summed E-state index contributed by atoms with van der Waals surface area (Å²) >= 11 is 0. The Morgan fingerprint density at radius 3 is 1.65 bits per heavy atom. The first-order chi connectivity index (χ1) is 9.81. The third-order valence-corrected chi connectivity index (χ3v) is 5.59. The molecule has 2 heterocycles. The smallest absolute Gasteiger partial charge is 0.231 e. The lowest BCUT2D eigenvalue weighted by atomic mass is 10.3. The molecular formula is C15H13O4P. The van der Waals surface area contributed by atoms with Gasteiger partial charge in [-0.3, -0.25) is 0 Å². The molecule has 0 fully saturated rings. The predicted molar refractivity (Wildman–Crippen MR) is 77.2 cm³/mol. The Bertz CT molecular complexity index is 613. The van der Waals surface area contributed by atoms with Gasteiger partial charge < -0.3 is 18.9 Å². The van der Waals surface area contributed by atoms with Gasteiger partial charge in [-0.2, -0.15) is 0 Å². The Labute approximate surface area is 118 Å². The van der Waals surface area contributed by atoms with Crippen molar-refractivity contribution in [1.29, 1.82) is 0 Å². The van der Waals surface area contributed by atoms with E-state index in [0.717, 1.165) is 23.0 Å². The number of hydrogen-bond acceptors (Lipinski definition) is 4. The van der Waals surface area contributed by atoms with Crippen molar-refractivity contribution in [3.05, 3.63) is 36.4 Å². The molecule has 0 amide bonds. The van der Waals surface area contributed by atoms with Crippen LogP contribution in [0.2, 0.25) is 0 Å². The second-order valence-electron chi connectivity index (χ2n) is 4.63. The monoisotopic (exact) mass is 288 g/mol. The van der Waals surface area contributed by atoms with Gasteiger partial charge in [0.05, 0.1) is 0 Å². The molecule has 0 unspecified atom stereocenters. The van der Waals surface area contributed by atoms with Crippen LogP contribution >= 0.6 is 7.92 Å². The Kier molecular flexibility index (Phi) is 2.71. The van der Waals surface area contributed by atoms with Gasteiger partial charge in [-0.15, -0.1) is 0 Å². The summed E-state index contributed by atoms with van der Waals surface area (Å²) in [6.07, 6.45) is 0. The zero-order valence-corrected chi connectivity index (χ0v) is 11.9. The van der Waals surface area contributed by atoms with Crippen molar-refractivity contribution in [3.63, 3.8) is 0 Å². The molecular weight excluding hydrogens is 275 g/mol. The molecule has 4 rings (SSSR count). The van der Waals surface area contributed by atoms with Crippen LogP contribution < -0.4 is 29.6 Å². The van der Waals surface area contributed by atoms with Gasteiger partial charge in [0.15, 0.2) is 23.0 Å². The molecule has 0 radical (unpaired) electrons. The first-order valence-electron chi connectivity index (χ1n) is 6.34.